The van der Waals surface area contributed by atoms with Gasteiger partial charge in [-0.05, 0) is 49.3 Å². The molecule has 0 saturated carbocycles. The molecule has 9 heteroatoms. The second-order valence-corrected chi connectivity index (χ2v) is 11.3. The zero-order valence-electron chi connectivity index (χ0n) is 23.9. The number of aromatic nitrogens is 1. The van der Waals surface area contributed by atoms with E-state index in [0.29, 0.717) is 58.8 Å². The number of pyridine rings is 1. The number of amides is 3. The van der Waals surface area contributed by atoms with Crippen molar-refractivity contribution in [2.45, 2.75) is 51.7 Å². The molecule has 2 bridgehead atoms. The van der Waals surface area contributed by atoms with Crippen molar-refractivity contribution in [2.75, 3.05) is 39.3 Å². The molecule has 3 aliphatic rings. The molecule has 1 aromatic carbocycles. The van der Waals surface area contributed by atoms with Crippen molar-refractivity contribution in [3.8, 4) is 5.75 Å². The molecule has 0 spiro atoms. The average Bonchev–Trinajstić information content (AvgIpc) is 3.00. The molecule has 0 unspecified atom stereocenters. The fraction of sp³-hybridized carbons (Fsp3) is 0.500. The highest BCUT2D eigenvalue weighted by atomic mass is 16.5. The highest BCUT2D eigenvalue weighted by Gasteiger charge is 2.34. The van der Waals surface area contributed by atoms with Gasteiger partial charge in [0.05, 0.1) is 18.8 Å². The van der Waals surface area contributed by atoms with Crippen LogP contribution in [0.3, 0.4) is 0 Å². The Morgan fingerprint density at radius 1 is 1.02 bits per heavy atom. The van der Waals surface area contributed by atoms with Crippen LogP contribution in [0.4, 0.5) is 0 Å². The summed E-state index contributed by atoms with van der Waals surface area (Å²) in [4.78, 5) is 48.9. The highest BCUT2D eigenvalue weighted by Crippen LogP contribution is 2.30. The standard InChI is InChI=1S/C32H41N5O4/c1-24(38)35-16-12-29(13-17-35)37-22-27-7-2-3-10-30(27)41-18-6-8-26-21-36(32(40)23-37)15-11-25(26)19-31(39)34-20-28-9-4-5-14-33-28/h2-10,14,25-26,29H,11-13,15-23H2,1H3,(H,34,39)/b8-6-/t25-,26-/m0/s1. The van der Waals surface area contributed by atoms with Crippen molar-refractivity contribution in [1.29, 1.82) is 0 Å². The molecule has 2 fully saturated rings. The van der Waals surface area contributed by atoms with E-state index in [1.165, 1.54) is 0 Å². The van der Waals surface area contributed by atoms with Gasteiger partial charge >= 0.3 is 0 Å². The number of hydrogen-bond acceptors (Lipinski definition) is 6. The maximum atomic E-state index is 13.7. The molecule has 3 aliphatic heterocycles. The molecule has 5 rings (SSSR count). The van der Waals surface area contributed by atoms with E-state index in [0.717, 1.165) is 36.3 Å². The van der Waals surface area contributed by atoms with Crippen LogP contribution in [0, 0.1) is 11.8 Å². The fourth-order valence-electron chi connectivity index (χ4n) is 6.23. The summed E-state index contributed by atoms with van der Waals surface area (Å²) < 4.78 is 6.20. The molecule has 1 N–H and O–H groups in total. The van der Waals surface area contributed by atoms with Gasteiger partial charge in [0.15, 0.2) is 0 Å². The first-order chi connectivity index (χ1) is 20.0. The molecule has 41 heavy (non-hydrogen) atoms. The van der Waals surface area contributed by atoms with E-state index in [2.05, 4.69) is 27.3 Å². The van der Waals surface area contributed by atoms with Crippen molar-refractivity contribution < 1.29 is 19.1 Å². The van der Waals surface area contributed by atoms with Crippen LogP contribution < -0.4 is 10.1 Å². The third-order valence-electron chi connectivity index (χ3n) is 8.63. The van der Waals surface area contributed by atoms with E-state index >= 15 is 0 Å². The van der Waals surface area contributed by atoms with Crippen LogP contribution in [-0.4, -0.2) is 82.8 Å². The Labute approximate surface area is 242 Å². The summed E-state index contributed by atoms with van der Waals surface area (Å²) in [6.07, 6.45) is 8.76. The summed E-state index contributed by atoms with van der Waals surface area (Å²) in [6.45, 7) is 6.06. The number of fused-ring (bicyclic) bond motifs is 3. The first kappa shape index (κ1) is 28.8. The molecular formula is C32H41N5O4. The molecule has 2 atom stereocenters. The number of carbonyl (C=O) groups excluding carboxylic acids is 3. The van der Waals surface area contributed by atoms with Gasteiger partial charge < -0.3 is 19.9 Å². The van der Waals surface area contributed by atoms with Gasteiger partial charge in [-0.15, -0.1) is 0 Å². The Morgan fingerprint density at radius 3 is 2.61 bits per heavy atom. The maximum Gasteiger partial charge on any atom is 0.236 e. The minimum absolute atomic E-state index is 0.00463. The molecule has 0 radical (unpaired) electrons. The normalized spacial score (nSPS) is 23.3. The molecule has 3 amide bonds. The number of carbonyl (C=O) groups is 3. The summed E-state index contributed by atoms with van der Waals surface area (Å²) in [5, 5.41) is 3.01. The van der Waals surface area contributed by atoms with Crippen molar-refractivity contribution in [3.63, 3.8) is 0 Å². The monoisotopic (exact) mass is 559 g/mol. The van der Waals surface area contributed by atoms with Crippen molar-refractivity contribution in [1.82, 2.24) is 25.0 Å². The third-order valence-corrected chi connectivity index (χ3v) is 8.63. The van der Waals surface area contributed by atoms with Gasteiger partial charge in [-0.3, -0.25) is 24.3 Å². The first-order valence-electron chi connectivity index (χ1n) is 14.8. The summed E-state index contributed by atoms with van der Waals surface area (Å²) >= 11 is 0. The summed E-state index contributed by atoms with van der Waals surface area (Å²) in [5.74, 6) is 1.26. The molecule has 4 heterocycles. The number of nitrogens with one attached hydrogen (secondary N) is 1. The van der Waals surface area contributed by atoms with Crippen molar-refractivity contribution in [2.24, 2.45) is 11.8 Å². The molecule has 9 nitrogen and oxygen atoms in total. The molecule has 218 valence electrons. The summed E-state index contributed by atoms with van der Waals surface area (Å²) in [5.41, 5.74) is 1.89. The quantitative estimate of drug-likeness (QED) is 0.566. The predicted molar refractivity (Wildman–Crippen MR) is 156 cm³/mol. The van der Waals surface area contributed by atoms with E-state index in [-0.39, 0.29) is 35.6 Å². The second-order valence-electron chi connectivity index (χ2n) is 11.3. The van der Waals surface area contributed by atoms with Crippen LogP contribution in [0.1, 0.15) is 43.9 Å². The Bertz CT molecular complexity index is 1230. The van der Waals surface area contributed by atoms with E-state index in [1.54, 1.807) is 13.1 Å². The fourth-order valence-corrected chi connectivity index (χ4v) is 6.23. The average molecular weight is 560 g/mol. The number of para-hydroxylation sites is 1. The lowest BCUT2D eigenvalue weighted by Crippen LogP contribution is -2.51. The minimum Gasteiger partial charge on any atom is -0.489 e. The number of likely N-dealkylation sites (tertiary alicyclic amines) is 1. The number of rotatable bonds is 5. The SMILES string of the molecule is CC(=O)N1CCC(N2CC(=O)N3CC[C@@H](CC(=O)NCc4ccccn4)[C@@H](/C=C\COc4ccccc4C2)C3)CC1. The van der Waals surface area contributed by atoms with Gasteiger partial charge in [-0.1, -0.05) is 36.4 Å². The minimum atomic E-state index is 0.00463. The van der Waals surface area contributed by atoms with Gasteiger partial charge in [0, 0.05) is 63.9 Å². The van der Waals surface area contributed by atoms with Crippen LogP contribution in [0.5, 0.6) is 5.75 Å². The Morgan fingerprint density at radius 2 is 1.83 bits per heavy atom. The van der Waals surface area contributed by atoms with E-state index in [9.17, 15) is 14.4 Å². The largest absolute Gasteiger partial charge is 0.489 e. The number of ether oxygens (including phenoxy) is 1. The summed E-state index contributed by atoms with van der Waals surface area (Å²) in [7, 11) is 0. The third kappa shape index (κ3) is 7.73. The summed E-state index contributed by atoms with van der Waals surface area (Å²) in [6, 6.07) is 13.9. The smallest absolute Gasteiger partial charge is 0.236 e. The van der Waals surface area contributed by atoms with E-state index < -0.39 is 0 Å². The van der Waals surface area contributed by atoms with Crippen LogP contribution >= 0.6 is 0 Å². The Balaban J connectivity index is 1.29. The van der Waals surface area contributed by atoms with Gasteiger partial charge in [-0.2, -0.15) is 0 Å². The van der Waals surface area contributed by atoms with Crippen LogP contribution in [-0.2, 0) is 27.5 Å². The van der Waals surface area contributed by atoms with Crippen molar-refractivity contribution in [3.05, 3.63) is 72.1 Å². The lowest BCUT2D eigenvalue weighted by atomic mass is 9.82. The number of benzene rings is 1. The zero-order chi connectivity index (χ0) is 28.6. The van der Waals surface area contributed by atoms with Crippen molar-refractivity contribution >= 4 is 17.7 Å². The molecular weight excluding hydrogens is 518 g/mol. The van der Waals surface area contributed by atoms with Crippen LogP contribution in [0.2, 0.25) is 0 Å². The number of hydrogen-bond donors (Lipinski definition) is 1. The van der Waals surface area contributed by atoms with Crippen LogP contribution in [0.15, 0.2) is 60.8 Å². The molecule has 0 aliphatic carbocycles. The molecule has 2 saturated heterocycles. The maximum absolute atomic E-state index is 13.7. The Hall–Kier alpha value is -3.72. The van der Waals surface area contributed by atoms with Crippen LogP contribution in [0.25, 0.3) is 0 Å². The lowest BCUT2D eigenvalue weighted by molar-refractivity contribution is -0.137. The zero-order valence-corrected chi connectivity index (χ0v) is 23.9. The predicted octanol–water partition coefficient (Wildman–Crippen LogP) is 3.01. The lowest BCUT2D eigenvalue weighted by Gasteiger charge is -2.41. The number of piperidine rings is 2. The van der Waals surface area contributed by atoms with E-state index in [4.69, 9.17) is 4.74 Å². The van der Waals surface area contributed by atoms with Gasteiger partial charge in [0.2, 0.25) is 17.7 Å². The molecule has 2 aromatic rings. The topological polar surface area (TPSA) is 95.1 Å². The molecule has 1 aromatic heterocycles. The first-order valence-corrected chi connectivity index (χ1v) is 14.8. The highest BCUT2D eigenvalue weighted by molar-refractivity contribution is 5.79. The van der Waals surface area contributed by atoms with Gasteiger partial charge in [0.1, 0.15) is 12.4 Å². The van der Waals surface area contributed by atoms with Gasteiger partial charge in [-0.25, -0.2) is 0 Å². The number of nitrogens with zero attached hydrogens (tertiary/aromatic N) is 4. The van der Waals surface area contributed by atoms with Gasteiger partial charge in [0.25, 0.3) is 0 Å². The second kappa shape index (κ2) is 13.8. The Kier molecular flexibility index (Phi) is 9.67. The van der Waals surface area contributed by atoms with E-state index in [1.807, 2.05) is 52.3 Å².